The molecular weight excluding hydrogens is 375 g/mol. The zero-order valence-corrected chi connectivity index (χ0v) is 15.4. The molecule has 2 aromatic heterocycles. The van der Waals surface area contributed by atoms with Gasteiger partial charge in [0.1, 0.15) is 0 Å². The molecule has 0 bridgehead atoms. The first-order valence-corrected chi connectivity index (χ1v) is 11.4. The predicted octanol–water partition coefficient (Wildman–Crippen LogP) is 3.61. The summed E-state index contributed by atoms with van der Waals surface area (Å²) >= 11 is 3.12. The van der Waals surface area contributed by atoms with Gasteiger partial charge in [0.2, 0.25) is 0 Å². The van der Waals surface area contributed by atoms with Crippen LogP contribution >= 0.6 is 30.0 Å². The van der Waals surface area contributed by atoms with E-state index in [1.54, 1.807) is 22.7 Å². The first-order chi connectivity index (χ1) is 12.3. The third-order valence-corrected chi connectivity index (χ3v) is 8.80. The summed E-state index contributed by atoms with van der Waals surface area (Å²) in [7, 11) is -3.72. The zero-order chi connectivity index (χ0) is 16.8. The molecule has 1 spiro atoms. The summed E-state index contributed by atoms with van der Waals surface area (Å²) < 4.78 is 12.8. The molecule has 2 N–H and O–H groups in total. The van der Waals surface area contributed by atoms with Gasteiger partial charge in [-0.25, -0.2) is 0 Å². The third-order valence-electron chi connectivity index (χ3n) is 3.88. The van der Waals surface area contributed by atoms with E-state index in [0.717, 1.165) is 15.1 Å². The van der Waals surface area contributed by atoms with Crippen molar-refractivity contribution in [3.8, 4) is 0 Å². The molecule has 3 aromatic rings. The van der Waals surface area contributed by atoms with Crippen molar-refractivity contribution in [1.82, 2.24) is 10.4 Å². The van der Waals surface area contributed by atoms with Crippen molar-refractivity contribution >= 4 is 47.1 Å². The van der Waals surface area contributed by atoms with Gasteiger partial charge in [-0.3, -0.25) is 0 Å². The van der Waals surface area contributed by atoms with Crippen LogP contribution in [0.3, 0.4) is 0 Å². The maximum absolute atomic E-state index is 6.39. The fraction of sp³-hybridized carbons (Fsp3) is 0. The van der Waals surface area contributed by atoms with Crippen LogP contribution in [0.2, 0.25) is 0 Å². The molecule has 5 rings (SSSR count). The van der Waals surface area contributed by atoms with Crippen LogP contribution < -0.4 is 15.7 Å². The van der Waals surface area contributed by atoms with Crippen LogP contribution in [0.4, 0.5) is 0 Å². The molecule has 0 amide bonds. The molecule has 0 atom stereocenters. The Morgan fingerprint density at radius 2 is 1.28 bits per heavy atom. The van der Waals surface area contributed by atoms with E-state index < -0.39 is 7.36 Å². The fourth-order valence-electron chi connectivity index (χ4n) is 2.69. The average molecular weight is 388 g/mol. The van der Waals surface area contributed by atoms with Crippen LogP contribution in [0.15, 0.2) is 75.6 Å². The van der Waals surface area contributed by atoms with Crippen LogP contribution in [0.1, 0.15) is 9.75 Å². The molecule has 25 heavy (non-hydrogen) atoms. The fourth-order valence-corrected chi connectivity index (χ4v) is 6.99. The van der Waals surface area contributed by atoms with E-state index in [1.165, 1.54) is 0 Å². The Kier molecular flexibility index (Phi) is 3.15. The summed E-state index contributed by atoms with van der Waals surface area (Å²) in [6.07, 6.45) is 0. The van der Waals surface area contributed by atoms with Gasteiger partial charge in [-0.2, -0.15) is 0 Å². The average Bonchev–Trinajstić information content (AvgIpc) is 3.45. The zero-order valence-electron chi connectivity index (χ0n) is 12.8. The van der Waals surface area contributed by atoms with E-state index >= 15 is 0 Å². The van der Waals surface area contributed by atoms with Crippen molar-refractivity contribution in [1.29, 1.82) is 0 Å². The number of hydrazone groups is 2. The number of rotatable bonds is 3. The van der Waals surface area contributed by atoms with Crippen molar-refractivity contribution in [2.75, 3.05) is 0 Å². The van der Waals surface area contributed by atoms with Gasteiger partial charge in [0.05, 0.1) is 0 Å². The molecule has 2 aliphatic heterocycles. The number of nitrogens with zero attached hydrogens (tertiary/aromatic N) is 2. The number of hydrogen-bond acceptors (Lipinski definition) is 8. The summed E-state index contributed by atoms with van der Waals surface area (Å²) in [5.74, 6) is 1.01. The van der Waals surface area contributed by atoms with Gasteiger partial charge in [0, 0.05) is 0 Å². The van der Waals surface area contributed by atoms with Crippen LogP contribution in [-0.4, -0.2) is 11.8 Å². The molecule has 0 aliphatic carbocycles. The van der Waals surface area contributed by atoms with Gasteiger partial charge in [-0.1, -0.05) is 0 Å². The van der Waals surface area contributed by atoms with Gasteiger partial charge in [0.15, 0.2) is 0 Å². The van der Waals surface area contributed by atoms with Crippen LogP contribution in [0.25, 0.3) is 0 Å². The van der Waals surface area contributed by atoms with Crippen LogP contribution in [0, 0.1) is 0 Å². The van der Waals surface area contributed by atoms with Crippen LogP contribution in [-0.2, 0) is 9.05 Å². The first kappa shape index (κ1) is 14.9. The maximum atomic E-state index is 6.39. The SMILES string of the molecule is c1ccc(P23(NN=C(c4cccs4)O2)NN=C(c2cccs2)O3)cc1. The molecule has 0 saturated carbocycles. The van der Waals surface area contributed by atoms with Crippen molar-refractivity contribution in [3.63, 3.8) is 0 Å². The van der Waals surface area contributed by atoms with Crippen LogP contribution in [0.5, 0.6) is 0 Å². The summed E-state index contributed by atoms with van der Waals surface area (Å²) in [5.41, 5.74) is 0. The Morgan fingerprint density at radius 3 is 1.76 bits per heavy atom. The van der Waals surface area contributed by atoms with Crippen molar-refractivity contribution in [2.24, 2.45) is 10.2 Å². The Morgan fingerprint density at radius 1 is 0.720 bits per heavy atom. The van der Waals surface area contributed by atoms with E-state index in [4.69, 9.17) is 9.05 Å². The molecule has 2 aliphatic rings. The topological polar surface area (TPSA) is 67.2 Å². The summed E-state index contributed by atoms with van der Waals surface area (Å²) in [4.78, 5) is 1.86. The summed E-state index contributed by atoms with van der Waals surface area (Å²) in [5, 5.41) is 20.0. The van der Waals surface area contributed by atoms with E-state index in [2.05, 4.69) is 20.6 Å². The number of benzene rings is 1. The van der Waals surface area contributed by atoms with Crippen molar-refractivity contribution in [3.05, 3.63) is 75.1 Å². The van der Waals surface area contributed by atoms with E-state index in [1.807, 2.05) is 65.4 Å². The van der Waals surface area contributed by atoms with E-state index in [0.29, 0.717) is 11.8 Å². The molecule has 1 aromatic carbocycles. The van der Waals surface area contributed by atoms with E-state index in [9.17, 15) is 0 Å². The van der Waals surface area contributed by atoms with Gasteiger partial charge in [-0.15, -0.1) is 0 Å². The molecule has 4 heterocycles. The minimum absolute atomic E-state index is 0.506. The molecule has 0 radical (unpaired) electrons. The second-order valence-electron chi connectivity index (χ2n) is 5.46. The number of nitrogens with one attached hydrogen (secondary N) is 2. The molecule has 0 unspecified atom stereocenters. The number of hydrogen-bond donors (Lipinski definition) is 2. The second kappa shape index (κ2) is 5.29. The molecule has 0 saturated heterocycles. The third kappa shape index (κ3) is 2.18. The molecule has 6 nitrogen and oxygen atoms in total. The number of thiophene rings is 2. The standard InChI is InChI=1S/C16H13N4O2PS2/c1-2-6-12(7-3-1)23(19-17-15(21-23)13-8-4-10-24-13)20-18-16(22-23)14-9-5-11-25-14/h1-11,19-20H. The van der Waals surface area contributed by atoms with Gasteiger partial charge >= 0.3 is 152 Å². The molecule has 9 heteroatoms. The molecular formula is C16H13N4O2PS2. The van der Waals surface area contributed by atoms with Gasteiger partial charge in [0.25, 0.3) is 0 Å². The van der Waals surface area contributed by atoms with Gasteiger partial charge in [-0.05, 0) is 0 Å². The summed E-state index contributed by atoms with van der Waals surface area (Å²) in [6, 6.07) is 17.6. The molecule has 126 valence electrons. The minimum atomic E-state index is -3.72. The Labute approximate surface area is 152 Å². The Balaban J connectivity index is 1.58. The molecule has 0 fully saturated rings. The second-order valence-corrected chi connectivity index (χ2v) is 10.6. The van der Waals surface area contributed by atoms with E-state index in [-0.39, 0.29) is 0 Å². The first-order valence-electron chi connectivity index (χ1n) is 7.54. The van der Waals surface area contributed by atoms with Crippen molar-refractivity contribution < 1.29 is 9.05 Å². The predicted molar refractivity (Wildman–Crippen MR) is 103 cm³/mol. The Bertz CT molecular complexity index is 911. The monoisotopic (exact) mass is 388 g/mol. The normalized spacial score (nSPS) is 21.0. The summed E-state index contributed by atoms with van der Waals surface area (Å²) in [6.45, 7) is 0. The van der Waals surface area contributed by atoms with Crippen molar-refractivity contribution in [2.45, 2.75) is 0 Å². The quantitative estimate of drug-likeness (QED) is 0.673. The van der Waals surface area contributed by atoms with Gasteiger partial charge < -0.3 is 0 Å². The Hall–Kier alpha value is -2.41.